The summed E-state index contributed by atoms with van der Waals surface area (Å²) >= 11 is 0. The summed E-state index contributed by atoms with van der Waals surface area (Å²) in [5, 5.41) is 10.6. The molecule has 1 aliphatic rings. The maximum atomic E-state index is 13.5. The van der Waals surface area contributed by atoms with Crippen LogP contribution in [0.4, 0.5) is 13.2 Å². The summed E-state index contributed by atoms with van der Waals surface area (Å²) in [4.78, 5) is 7.10. The number of alkyl halides is 3. The molecule has 2 aromatic rings. The molecule has 0 radical (unpaired) electrons. The summed E-state index contributed by atoms with van der Waals surface area (Å²) in [6.07, 6.45) is -6.56. The molecular weight excluding hydrogens is 357 g/mol. The Balaban J connectivity index is 2.12. The van der Waals surface area contributed by atoms with Crippen LogP contribution in [-0.2, 0) is 6.18 Å². The van der Waals surface area contributed by atoms with Gasteiger partial charge in [-0.15, -0.1) is 0 Å². The number of ether oxygens (including phenoxy) is 4. The highest BCUT2D eigenvalue weighted by Gasteiger charge is 2.41. The van der Waals surface area contributed by atoms with E-state index in [-0.39, 0.29) is 5.56 Å². The molecular formula is C16H15F3N2O5. The first-order valence-electron chi connectivity index (χ1n) is 7.50. The SMILES string of the molecule is COc1nc(OC)c(C(O)c2ccc3c(c2)OCCO3)c(C(F)(F)F)n1. The van der Waals surface area contributed by atoms with Gasteiger partial charge < -0.3 is 24.1 Å². The Morgan fingerprint density at radius 2 is 1.77 bits per heavy atom. The summed E-state index contributed by atoms with van der Waals surface area (Å²) in [7, 11) is 2.27. The molecule has 140 valence electrons. The second-order valence-electron chi connectivity index (χ2n) is 5.29. The first-order valence-corrected chi connectivity index (χ1v) is 7.50. The molecule has 0 saturated heterocycles. The molecule has 0 aliphatic carbocycles. The molecule has 7 nitrogen and oxygen atoms in total. The zero-order chi connectivity index (χ0) is 18.9. The normalized spacial score (nSPS) is 14.7. The van der Waals surface area contributed by atoms with Gasteiger partial charge >= 0.3 is 12.2 Å². The molecule has 1 atom stereocenters. The lowest BCUT2D eigenvalue weighted by Crippen LogP contribution is -2.19. The van der Waals surface area contributed by atoms with Gasteiger partial charge in [0.25, 0.3) is 0 Å². The van der Waals surface area contributed by atoms with Crippen molar-refractivity contribution in [3.8, 4) is 23.4 Å². The maximum absolute atomic E-state index is 13.5. The van der Waals surface area contributed by atoms with Crippen molar-refractivity contribution in [2.24, 2.45) is 0 Å². The number of halogens is 3. The third-order valence-corrected chi connectivity index (χ3v) is 3.69. The fourth-order valence-electron chi connectivity index (χ4n) is 2.54. The van der Waals surface area contributed by atoms with Crippen LogP contribution in [-0.4, -0.2) is 42.5 Å². The molecule has 2 heterocycles. The van der Waals surface area contributed by atoms with E-state index in [0.29, 0.717) is 24.7 Å². The predicted molar refractivity (Wildman–Crippen MR) is 81.6 cm³/mol. The van der Waals surface area contributed by atoms with Gasteiger partial charge in [0.2, 0.25) is 5.88 Å². The van der Waals surface area contributed by atoms with Gasteiger partial charge in [-0.1, -0.05) is 6.07 Å². The molecule has 1 unspecified atom stereocenters. The Bertz CT molecular complexity index is 813. The van der Waals surface area contributed by atoms with Crippen LogP contribution in [0.15, 0.2) is 18.2 Å². The molecule has 0 saturated carbocycles. The van der Waals surface area contributed by atoms with Crippen molar-refractivity contribution in [2.45, 2.75) is 12.3 Å². The van der Waals surface area contributed by atoms with Gasteiger partial charge in [-0.25, -0.2) is 0 Å². The highest BCUT2D eigenvalue weighted by Crippen LogP contribution is 2.42. The van der Waals surface area contributed by atoms with E-state index in [2.05, 4.69) is 14.7 Å². The Morgan fingerprint density at radius 1 is 1.08 bits per heavy atom. The first kappa shape index (κ1) is 18.1. The molecule has 1 N–H and O–H groups in total. The van der Waals surface area contributed by atoms with Crippen molar-refractivity contribution in [3.05, 3.63) is 35.0 Å². The summed E-state index contributed by atoms with van der Waals surface area (Å²) in [5.74, 6) is 0.336. The summed E-state index contributed by atoms with van der Waals surface area (Å²) in [5.41, 5.74) is -1.81. The van der Waals surface area contributed by atoms with Crippen molar-refractivity contribution in [3.63, 3.8) is 0 Å². The van der Waals surface area contributed by atoms with Crippen LogP contribution < -0.4 is 18.9 Å². The van der Waals surface area contributed by atoms with E-state index in [9.17, 15) is 18.3 Å². The lowest BCUT2D eigenvalue weighted by molar-refractivity contribution is -0.143. The fourth-order valence-corrected chi connectivity index (χ4v) is 2.54. The Morgan fingerprint density at radius 3 is 2.38 bits per heavy atom. The van der Waals surface area contributed by atoms with Gasteiger partial charge in [0, 0.05) is 0 Å². The average molecular weight is 372 g/mol. The van der Waals surface area contributed by atoms with E-state index in [1.165, 1.54) is 18.2 Å². The van der Waals surface area contributed by atoms with Crippen molar-refractivity contribution in [2.75, 3.05) is 27.4 Å². The molecule has 1 aromatic carbocycles. The summed E-state index contributed by atoms with van der Waals surface area (Å²) in [6, 6.07) is 3.83. The maximum Gasteiger partial charge on any atom is 0.434 e. The minimum Gasteiger partial charge on any atom is -0.486 e. The summed E-state index contributed by atoms with van der Waals surface area (Å²) < 4.78 is 60.8. The molecule has 0 amide bonds. The fraction of sp³-hybridized carbons (Fsp3) is 0.375. The van der Waals surface area contributed by atoms with Crippen LogP contribution in [0.1, 0.15) is 22.9 Å². The van der Waals surface area contributed by atoms with E-state index < -0.39 is 35.4 Å². The van der Waals surface area contributed by atoms with Crippen molar-refractivity contribution in [1.82, 2.24) is 9.97 Å². The number of aliphatic hydroxyl groups is 1. The average Bonchev–Trinajstić information content (AvgIpc) is 2.65. The van der Waals surface area contributed by atoms with Gasteiger partial charge in [-0.2, -0.15) is 23.1 Å². The van der Waals surface area contributed by atoms with E-state index in [1.54, 1.807) is 0 Å². The standard InChI is InChI=1S/C16H15F3N2O5/c1-23-14-11(13(16(17,18)19)20-15(21-14)24-2)12(22)8-3-4-9-10(7-8)26-6-5-25-9/h3-4,7,12,22H,5-6H2,1-2H3. The number of nitrogens with zero attached hydrogens (tertiary/aromatic N) is 2. The molecule has 3 rings (SSSR count). The zero-order valence-electron chi connectivity index (χ0n) is 13.8. The quantitative estimate of drug-likeness (QED) is 0.882. The number of aromatic nitrogens is 2. The third kappa shape index (κ3) is 3.32. The van der Waals surface area contributed by atoms with Crippen LogP contribution in [0, 0.1) is 0 Å². The lowest BCUT2D eigenvalue weighted by Gasteiger charge is -2.22. The monoisotopic (exact) mass is 372 g/mol. The van der Waals surface area contributed by atoms with Gasteiger partial charge in [0.1, 0.15) is 19.3 Å². The number of rotatable bonds is 4. The van der Waals surface area contributed by atoms with Gasteiger partial charge in [-0.3, -0.25) is 0 Å². The highest BCUT2D eigenvalue weighted by molar-refractivity contribution is 5.48. The molecule has 10 heteroatoms. The molecule has 1 aromatic heterocycles. The number of methoxy groups -OCH3 is 2. The van der Waals surface area contributed by atoms with Gasteiger partial charge in [0.05, 0.1) is 19.8 Å². The second kappa shape index (κ2) is 6.87. The van der Waals surface area contributed by atoms with Crippen LogP contribution in [0.5, 0.6) is 23.4 Å². The number of aliphatic hydroxyl groups excluding tert-OH is 1. The van der Waals surface area contributed by atoms with E-state index in [1.807, 2.05) is 0 Å². The van der Waals surface area contributed by atoms with Crippen LogP contribution in [0.25, 0.3) is 0 Å². The minimum absolute atomic E-state index is 0.145. The predicted octanol–water partition coefficient (Wildman–Crippen LogP) is 2.37. The van der Waals surface area contributed by atoms with Crippen LogP contribution >= 0.6 is 0 Å². The minimum atomic E-state index is -4.85. The van der Waals surface area contributed by atoms with Crippen LogP contribution in [0.3, 0.4) is 0 Å². The van der Waals surface area contributed by atoms with E-state index in [4.69, 9.17) is 14.2 Å². The molecule has 1 aliphatic heterocycles. The molecule has 0 fully saturated rings. The molecule has 0 spiro atoms. The van der Waals surface area contributed by atoms with Gasteiger partial charge in [-0.05, 0) is 17.7 Å². The van der Waals surface area contributed by atoms with Crippen molar-refractivity contribution < 1.29 is 37.2 Å². The third-order valence-electron chi connectivity index (χ3n) is 3.69. The number of hydrogen-bond donors (Lipinski definition) is 1. The first-order chi connectivity index (χ1) is 12.3. The summed E-state index contributed by atoms with van der Waals surface area (Å²) in [6.45, 7) is 0.669. The number of benzene rings is 1. The molecule has 0 bridgehead atoms. The number of hydrogen-bond acceptors (Lipinski definition) is 7. The Hall–Kier alpha value is -2.75. The van der Waals surface area contributed by atoms with E-state index in [0.717, 1.165) is 14.2 Å². The van der Waals surface area contributed by atoms with Crippen molar-refractivity contribution in [1.29, 1.82) is 0 Å². The van der Waals surface area contributed by atoms with Crippen molar-refractivity contribution >= 4 is 0 Å². The Kier molecular flexibility index (Phi) is 4.77. The van der Waals surface area contributed by atoms with E-state index >= 15 is 0 Å². The zero-order valence-corrected chi connectivity index (χ0v) is 13.8. The smallest absolute Gasteiger partial charge is 0.434 e. The number of fused-ring (bicyclic) bond motifs is 1. The Labute approximate surface area is 146 Å². The lowest BCUT2D eigenvalue weighted by atomic mass is 10.00. The highest BCUT2D eigenvalue weighted by atomic mass is 19.4. The topological polar surface area (TPSA) is 82.9 Å². The second-order valence-corrected chi connectivity index (χ2v) is 5.29. The van der Waals surface area contributed by atoms with Gasteiger partial charge in [0.15, 0.2) is 17.2 Å². The molecule has 26 heavy (non-hydrogen) atoms. The van der Waals surface area contributed by atoms with Crippen LogP contribution in [0.2, 0.25) is 0 Å². The largest absolute Gasteiger partial charge is 0.486 e.